The van der Waals surface area contributed by atoms with Crippen LogP contribution in [0.4, 0.5) is 13.2 Å². The third kappa shape index (κ3) is 4.70. The molecule has 0 amide bonds. The van der Waals surface area contributed by atoms with Gasteiger partial charge >= 0.3 is 6.18 Å². The van der Waals surface area contributed by atoms with Crippen LogP contribution in [0.1, 0.15) is 19.4 Å². The molecule has 1 rings (SSSR count). The molecular formula is C11H13ClF3NO2. The quantitative estimate of drug-likeness (QED) is 0.774. The molecule has 1 unspecified atom stereocenters. The first-order valence-electron chi connectivity index (χ1n) is 5.32. The molecule has 3 nitrogen and oxygen atoms in total. The van der Waals surface area contributed by atoms with Crippen LogP contribution in [0, 0.1) is 0 Å². The van der Waals surface area contributed by atoms with Crippen molar-refractivity contribution < 1.29 is 22.6 Å². The molecule has 0 aliphatic carbocycles. The number of ether oxygens (including phenoxy) is 2. The predicted molar refractivity (Wildman–Crippen MR) is 60.8 cm³/mol. The van der Waals surface area contributed by atoms with E-state index in [1.54, 1.807) is 6.92 Å². The lowest BCUT2D eigenvalue weighted by molar-refractivity contribution is -0.137. The van der Waals surface area contributed by atoms with Crippen LogP contribution in [0.5, 0.6) is 5.88 Å². The highest BCUT2D eigenvalue weighted by Gasteiger charge is 2.32. The highest BCUT2D eigenvalue weighted by molar-refractivity contribution is 6.29. The number of hydrogen-bond acceptors (Lipinski definition) is 3. The summed E-state index contributed by atoms with van der Waals surface area (Å²) in [5.74, 6) is -0.165. The molecule has 1 heterocycles. The fraction of sp³-hybridized carbons (Fsp3) is 0.545. The van der Waals surface area contributed by atoms with E-state index in [4.69, 9.17) is 21.1 Å². The van der Waals surface area contributed by atoms with Crippen LogP contribution in [0.15, 0.2) is 12.1 Å². The van der Waals surface area contributed by atoms with Crippen molar-refractivity contribution in [2.45, 2.75) is 26.1 Å². The Morgan fingerprint density at radius 3 is 2.61 bits per heavy atom. The first-order valence-corrected chi connectivity index (χ1v) is 5.70. The Bertz CT molecular complexity index is 398. The first kappa shape index (κ1) is 15.0. The zero-order chi connectivity index (χ0) is 13.8. The normalized spacial score (nSPS) is 13.4. The van der Waals surface area contributed by atoms with E-state index >= 15 is 0 Å². The minimum atomic E-state index is -4.48. The summed E-state index contributed by atoms with van der Waals surface area (Å²) in [6, 6.07) is 1.57. The zero-order valence-electron chi connectivity index (χ0n) is 9.92. The Kier molecular flexibility index (Phi) is 5.22. The van der Waals surface area contributed by atoms with Crippen LogP contribution in [0.2, 0.25) is 5.15 Å². The van der Waals surface area contributed by atoms with Gasteiger partial charge in [-0.2, -0.15) is 13.2 Å². The summed E-state index contributed by atoms with van der Waals surface area (Å²) in [5, 5.41) is -0.261. The molecule has 0 aliphatic rings. The van der Waals surface area contributed by atoms with Crippen molar-refractivity contribution in [2.24, 2.45) is 0 Å². The van der Waals surface area contributed by atoms with Gasteiger partial charge in [0.1, 0.15) is 11.3 Å². The minimum Gasteiger partial charge on any atom is -0.472 e. The van der Waals surface area contributed by atoms with Gasteiger partial charge in [0.05, 0.1) is 12.2 Å². The zero-order valence-corrected chi connectivity index (χ0v) is 10.7. The molecule has 0 saturated heterocycles. The summed E-state index contributed by atoms with van der Waals surface area (Å²) >= 11 is 5.52. The smallest absolute Gasteiger partial charge is 0.416 e. The number of nitrogens with zero attached hydrogens (tertiary/aromatic N) is 1. The first-order chi connectivity index (χ1) is 8.32. The highest BCUT2D eigenvalue weighted by Crippen LogP contribution is 2.32. The van der Waals surface area contributed by atoms with E-state index in [0.29, 0.717) is 6.61 Å². The van der Waals surface area contributed by atoms with Gasteiger partial charge in [-0.25, -0.2) is 4.98 Å². The van der Waals surface area contributed by atoms with Crippen LogP contribution in [0.25, 0.3) is 0 Å². The molecule has 1 aromatic rings. The van der Waals surface area contributed by atoms with E-state index in [-0.39, 0.29) is 17.6 Å². The van der Waals surface area contributed by atoms with E-state index in [9.17, 15) is 13.2 Å². The van der Waals surface area contributed by atoms with E-state index < -0.39 is 17.8 Å². The Hall–Kier alpha value is -1.01. The minimum absolute atomic E-state index is 0.165. The molecule has 0 saturated carbocycles. The van der Waals surface area contributed by atoms with E-state index in [1.807, 2.05) is 6.92 Å². The molecule has 18 heavy (non-hydrogen) atoms. The number of halogens is 4. The number of alkyl halides is 3. The summed E-state index contributed by atoms with van der Waals surface area (Å²) in [6.07, 6.45) is -4.88. The van der Waals surface area contributed by atoms with Gasteiger partial charge in [-0.05, 0) is 19.9 Å². The van der Waals surface area contributed by atoms with Gasteiger partial charge in [-0.3, -0.25) is 0 Å². The maximum Gasteiger partial charge on any atom is 0.416 e. The van der Waals surface area contributed by atoms with Gasteiger partial charge in [0, 0.05) is 12.7 Å². The van der Waals surface area contributed by atoms with E-state index in [0.717, 1.165) is 12.1 Å². The molecule has 1 aromatic heterocycles. The maximum absolute atomic E-state index is 12.5. The van der Waals surface area contributed by atoms with Crippen LogP contribution in [0.3, 0.4) is 0 Å². The monoisotopic (exact) mass is 283 g/mol. The Balaban J connectivity index is 2.80. The SMILES string of the molecule is CCOCC(C)Oc1cc(C(F)(F)F)cc(Cl)n1. The van der Waals surface area contributed by atoms with E-state index in [1.165, 1.54) is 0 Å². The highest BCUT2D eigenvalue weighted by atomic mass is 35.5. The summed E-state index contributed by atoms with van der Waals surface area (Å²) in [4.78, 5) is 3.68. The van der Waals surface area contributed by atoms with Gasteiger partial charge < -0.3 is 9.47 Å². The lowest BCUT2D eigenvalue weighted by Gasteiger charge is -2.15. The van der Waals surface area contributed by atoms with Crippen molar-refractivity contribution in [1.82, 2.24) is 4.98 Å². The maximum atomic E-state index is 12.5. The van der Waals surface area contributed by atoms with Crippen molar-refractivity contribution in [2.75, 3.05) is 13.2 Å². The third-order valence-corrected chi connectivity index (χ3v) is 2.17. The van der Waals surface area contributed by atoms with Gasteiger partial charge in [0.25, 0.3) is 0 Å². The number of pyridine rings is 1. The van der Waals surface area contributed by atoms with Crippen LogP contribution in [-0.4, -0.2) is 24.3 Å². The van der Waals surface area contributed by atoms with Gasteiger partial charge in [-0.15, -0.1) is 0 Å². The van der Waals surface area contributed by atoms with Gasteiger partial charge in [0.2, 0.25) is 5.88 Å². The average molecular weight is 284 g/mol. The average Bonchev–Trinajstić information content (AvgIpc) is 2.24. The predicted octanol–water partition coefficient (Wildman–Crippen LogP) is 3.56. The number of hydrogen-bond donors (Lipinski definition) is 0. The van der Waals surface area contributed by atoms with Crippen LogP contribution in [-0.2, 0) is 10.9 Å². The molecule has 7 heteroatoms. The van der Waals surface area contributed by atoms with Crippen molar-refractivity contribution >= 4 is 11.6 Å². The van der Waals surface area contributed by atoms with Crippen LogP contribution >= 0.6 is 11.6 Å². The lowest BCUT2D eigenvalue weighted by atomic mass is 10.2. The second-order valence-corrected chi connectivity index (χ2v) is 3.99. The number of rotatable bonds is 5. The Morgan fingerprint density at radius 1 is 1.39 bits per heavy atom. The largest absolute Gasteiger partial charge is 0.472 e. The Morgan fingerprint density at radius 2 is 2.06 bits per heavy atom. The molecule has 102 valence electrons. The topological polar surface area (TPSA) is 31.4 Å². The van der Waals surface area contributed by atoms with Crippen molar-refractivity contribution in [3.63, 3.8) is 0 Å². The lowest BCUT2D eigenvalue weighted by Crippen LogP contribution is -2.20. The Labute approximate surface area is 108 Å². The third-order valence-electron chi connectivity index (χ3n) is 1.98. The van der Waals surface area contributed by atoms with Gasteiger partial charge in [0.15, 0.2) is 0 Å². The summed E-state index contributed by atoms with van der Waals surface area (Å²) in [5.41, 5.74) is -0.888. The summed E-state index contributed by atoms with van der Waals surface area (Å²) in [6.45, 7) is 4.26. The molecule has 0 spiro atoms. The number of aromatic nitrogens is 1. The second-order valence-electron chi connectivity index (χ2n) is 3.60. The molecular weight excluding hydrogens is 271 g/mol. The summed E-state index contributed by atoms with van der Waals surface area (Å²) < 4.78 is 47.9. The molecule has 0 aromatic carbocycles. The molecule has 0 bridgehead atoms. The molecule has 0 fully saturated rings. The fourth-order valence-corrected chi connectivity index (χ4v) is 1.42. The van der Waals surface area contributed by atoms with Crippen LogP contribution < -0.4 is 4.74 Å². The standard InChI is InChI=1S/C11H13ClF3NO2/c1-3-17-6-7(2)18-10-5-8(11(13,14)15)4-9(12)16-10/h4-5,7H,3,6H2,1-2H3. The van der Waals surface area contributed by atoms with Crippen molar-refractivity contribution in [3.05, 3.63) is 22.8 Å². The van der Waals surface area contributed by atoms with Crippen molar-refractivity contribution in [1.29, 1.82) is 0 Å². The summed E-state index contributed by atoms with van der Waals surface area (Å²) in [7, 11) is 0. The van der Waals surface area contributed by atoms with Crippen molar-refractivity contribution in [3.8, 4) is 5.88 Å². The van der Waals surface area contributed by atoms with Gasteiger partial charge in [-0.1, -0.05) is 11.6 Å². The fourth-order valence-electron chi connectivity index (χ4n) is 1.22. The molecule has 0 radical (unpaired) electrons. The molecule has 0 N–H and O–H groups in total. The molecule has 0 aliphatic heterocycles. The molecule has 1 atom stereocenters. The van der Waals surface area contributed by atoms with E-state index in [2.05, 4.69) is 4.98 Å². The second kappa shape index (κ2) is 6.24.